The van der Waals surface area contributed by atoms with Crippen LogP contribution < -0.4 is 4.72 Å². The summed E-state index contributed by atoms with van der Waals surface area (Å²) in [7, 11) is 0. The Kier molecular flexibility index (Phi) is 6.93. The maximum atomic E-state index is 15.0. The number of fused-ring (bicyclic) bond motifs is 1. The van der Waals surface area contributed by atoms with Crippen molar-refractivity contribution in [2.75, 3.05) is 6.54 Å². The van der Waals surface area contributed by atoms with E-state index in [0.717, 1.165) is 0 Å². The van der Waals surface area contributed by atoms with Crippen molar-refractivity contribution in [2.45, 2.75) is 12.8 Å². The highest BCUT2D eigenvalue weighted by Crippen LogP contribution is 2.23. The molecule has 168 valence electrons. The number of carbonyl (C=O) groups is 1. The lowest BCUT2D eigenvalue weighted by atomic mass is 9.98. The standard InChI is InChI=1S/C24H19F2N3O3S/c25-18-9-6-15(7-10-18)22-14-27-20-11-8-17(13-21(20)29-22)24(30)19-5-1-3-16(23(19)26)4-2-12-28-33(31)32/h1,3,5-11,13-14,28H,2,4,12H2,(H,31,32)/p-1. The largest absolute Gasteiger partial charge is 0.760 e. The fourth-order valence-corrected chi connectivity index (χ4v) is 3.76. The van der Waals surface area contributed by atoms with Gasteiger partial charge in [0.25, 0.3) is 0 Å². The zero-order valence-corrected chi connectivity index (χ0v) is 18.1. The molecule has 0 aliphatic carbocycles. The number of aryl methyl sites for hydroxylation is 1. The van der Waals surface area contributed by atoms with Crippen LogP contribution in [0.2, 0.25) is 0 Å². The molecule has 0 aliphatic rings. The van der Waals surface area contributed by atoms with Crippen molar-refractivity contribution in [2.24, 2.45) is 0 Å². The number of nitrogens with one attached hydrogen (secondary N) is 1. The molecule has 33 heavy (non-hydrogen) atoms. The molecular formula is C24H18F2N3O3S-. The molecule has 1 heterocycles. The molecule has 0 bridgehead atoms. The van der Waals surface area contributed by atoms with Gasteiger partial charge in [-0.15, -0.1) is 0 Å². The van der Waals surface area contributed by atoms with Gasteiger partial charge < -0.3 is 4.55 Å². The number of benzene rings is 3. The highest BCUT2D eigenvalue weighted by molar-refractivity contribution is 7.77. The van der Waals surface area contributed by atoms with E-state index in [9.17, 15) is 17.9 Å². The van der Waals surface area contributed by atoms with Crippen LogP contribution in [0.4, 0.5) is 8.78 Å². The van der Waals surface area contributed by atoms with E-state index >= 15 is 4.39 Å². The van der Waals surface area contributed by atoms with Crippen LogP contribution >= 0.6 is 0 Å². The van der Waals surface area contributed by atoms with E-state index in [1.165, 1.54) is 18.2 Å². The lowest BCUT2D eigenvalue weighted by Crippen LogP contribution is -2.18. The third kappa shape index (κ3) is 5.33. The molecule has 1 N–H and O–H groups in total. The van der Waals surface area contributed by atoms with Crippen LogP contribution in [0.25, 0.3) is 22.3 Å². The van der Waals surface area contributed by atoms with Gasteiger partial charge in [-0.25, -0.2) is 18.5 Å². The molecule has 6 nitrogen and oxygen atoms in total. The average molecular weight is 466 g/mol. The van der Waals surface area contributed by atoms with Crippen molar-refractivity contribution >= 4 is 28.1 Å². The topological polar surface area (TPSA) is 95.0 Å². The van der Waals surface area contributed by atoms with Gasteiger partial charge >= 0.3 is 0 Å². The summed E-state index contributed by atoms with van der Waals surface area (Å²) in [4.78, 5) is 21.9. The van der Waals surface area contributed by atoms with E-state index in [2.05, 4.69) is 14.7 Å². The number of halogens is 2. The van der Waals surface area contributed by atoms with E-state index in [1.807, 2.05) is 0 Å². The lowest BCUT2D eigenvalue weighted by molar-refractivity contribution is 0.103. The van der Waals surface area contributed by atoms with Crippen LogP contribution in [-0.4, -0.2) is 31.1 Å². The van der Waals surface area contributed by atoms with Crippen LogP contribution in [-0.2, 0) is 17.7 Å². The highest BCUT2D eigenvalue weighted by Gasteiger charge is 2.17. The molecule has 0 spiro atoms. The molecule has 9 heteroatoms. The number of carbonyl (C=O) groups excluding carboxylic acids is 1. The van der Waals surface area contributed by atoms with Gasteiger partial charge in [-0.1, -0.05) is 12.1 Å². The van der Waals surface area contributed by atoms with Crippen LogP contribution in [0, 0.1) is 11.6 Å². The van der Waals surface area contributed by atoms with Gasteiger partial charge in [0.05, 0.1) is 28.5 Å². The smallest absolute Gasteiger partial charge is 0.196 e. The zero-order valence-electron chi connectivity index (χ0n) is 17.3. The van der Waals surface area contributed by atoms with Crippen LogP contribution in [0.3, 0.4) is 0 Å². The number of hydrogen-bond acceptors (Lipinski definition) is 5. The summed E-state index contributed by atoms with van der Waals surface area (Å²) in [6.07, 6.45) is 2.24. The van der Waals surface area contributed by atoms with Gasteiger partial charge in [-0.3, -0.25) is 14.0 Å². The first-order chi connectivity index (χ1) is 15.9. The predicted octanol–water partition coefficient (Wildman–Crippen LogP) is 4.12. The Morgan fingerprint density at radius 3 is 2.58 bits per heavy atom. The first-order valence-corrected chi connectivity index (χ1v) is 11.2. The highest BCUT2D eigenvalue weighted by atomic mass is 32.2. The Morgan fingerprint density at radius 1 is 1.03 bits per heavy atom. The van der Waals surface area contributed by atoms with Crippen molar-refractivity contribution < 1.29 is 22.3 Å². The number of hydrogen-bond donors (Lipinski definition) is 1. The molecule has 0 radical (unpaired) electrons. The van der Waals surface area contributed by atoms with Crippen LogP contribution in [0.1, 0.15) is 27.9 Å². The molecule has 0 aliphatic heterocycles. The molecule has 0 amide bonds. The minimum absolute atomic E-state index is 0.0742. The fourth-order valence-electron chi connectivity index (χ4n) is 3.45. The number of rotatable bonds is 8. The minimum atomic E-state index is -2.37. The van der Waals surface area contributed by atoms with Crippen molar-refractivity contribution in [1.29, 1.82) is 0 Å². The fraction of sp³-hybridized carbons (Fsp3) is 0.125. The summed E-state index contributed by atoms with van der Waals surface area (Å²) in [5.41, 5.74) is 2.73. The molecule has 0 saturated heterocycles. The average Bonchev–Trinajstić information content (AvgIpc) is 2.82. The number of nitrogens with zero attached hydrogens (tertiary/aromatic N) is 2. The van der Waals surface area contributed by atoms with E-state index in [0.29, 0.717) is 34.3 Å². The van der Waals surface area contributed by atoms with E-state index in [1.54, 1.807) is 48.7 Å². The van der Waals surface area contributed by atoms with Gasteiger partial charge in [0.2, 0.25) is 0 Å². The molecule has 3 aromatic carbocycles. The van der Waals surface area contributed by atoms with E-state index < -0.39 is 22.9 Å². The van der Waals surface area contributed by atoms with E-state index in [-0.39, 0.29) is 29.9 Å². The Bertz CT molecular complexity index is 1350. The Labute approximate surface area is 191 Å². The molecule has 0 fully saturated rings. The summed E-state index contributed by atoms with van der Waals surface area (Å²) in [5, 5.41) is 0. The summed E-state index contributed by atoms with van der Waals surface area (Å²) in [5.74, 6) is -1.48. The zero-order chi connectivity index (χ0) is 23.4. The second-order valence-corrected chi connectivity index (χ2v) is 8.06. The minimum Gasteiger partial charge on any atom is -0.760 e. The maximum absolute atomic E-state index is 15.0. The normalized spacial score (nSPS) is 12.1. The second kappa shape index (κ2) is 10.0. The first kappa shape index (κ1) is 22.8. The summed E-state index contributed by atoms with van der Waals surface area (Å²) in [6.45, 7) is 0.174. The van der Waals surface area contributed by atoms with Crippen LogP contribution in [0.15, 0.2) is 66.9 Å². The van der Waals surface area contributed by atoms with Crippen molar-refractivity contribution in [3.05, 3.63) is 95.2 Å². The molecular weight excluding hydrogens is 448 g/mol. The van der Waals surface area contributed by atoms with Gasteiger partial charge in [-0.05, 0) is 66.9 Å². The SMILES string of the molecule is O=C(c1ccc2ncc(-c3ccc(F)cc3)nc2c1)c1cccc(CCCNS(=O)[O-])c1F. The summed E-state index contributed by atoms with van der Waals surface area (Å²) in [6, 6.07) is 15.2. The lowest BCUT2D eigenvalue weighted by Gasteiger charge is -2.10. The quantitative estimate of drug-likeness (QED) is 0.239. The van der Waals surface area contributed by atoms with Gasteiger partial charge in [0.1, 0.15) is 11.6 Å². The Balaban J connectivity index is 1.60. The monoisotopic (exact) mass is 466 g/mol. The number of aromatic nitrogens is 2. The summed E-state index contributed by atoms with van der Waals surface area (Å²) < 4.78 is 51.5. The van der Waals surface area contributed by atoms with Crippen molar-refractivity contribution in [3.8, 4) is 11.3 Å². The molecule has 4 rings (SSSR count). The molecule has 1 unspecified atom stereocenters. The summed E-state index contributed by atoms with van der Waals surface area (Å²) >= 11 is -2.37. The van der Waals surface area contributed by atoms with Gasteiger partial charge in [0, 0.05) is 28.9 Å². The van der Waals surface area contributed by atoms with Crippen molar-refractivity contribution in [1.82, 2.24) is 14.7 Å². The van der Waals surface area contributed by atoms with Crippen LogP contribution in [0.5, 0.6) is 0 Å². The third-order valence-electron chi connectivity index (χ3n) is 5.11. The molecule has 1 atom stereocenters. The van der Waals surface area contributed by atoms with Gasteiger partial charge in [-0.2, -0.15) is 0 Å². The van der Waals surface area contributed by atoms with E-state index in [4.69, 9.17) is 0 Å². The Morgan fingerprint density at radius 2 is 1.82 bits per heavy atom. The number of ketones is 1. The molecule has 0 saturated carbocycles. The third-order valence-corrected chi connectivity index (χ3v) is 5.55. The van der Waals surface area contributed by atoms with Gasteiger partial charge in [0.15, 0.2) is 5.78 Å². The van der Waals surface area contributed by atoms with Crippen molar-refractivity contribution in [3.63, 3.8) is 0 Å². The predicted molar refractivity (Wildman–Crippen MR) is 120 cm³/mol. The molecule has 1 aromatic heterocycles. The second-order valence-electron chi connectivity index (χ2n) is 7.31. The maximum Gasteiger partial charge on any atom is 0.196 e. The Hall–Kier alpha value is -3.40. The first-order valence-electron chi connectivity index (χ1n) is 10.1. The molecule has 4 aromatic rings.